The van der Waals surface area contributed by atoms with Crippen LogP contribution in [0.5, 0.6) is 0 Å². The van der Waals surface area contributed by atoms with E-state index >= 15 is 0 Å². The third kappa shape index (κ3) is 1.27. The second-order valence-corrected chi connectivity index (χ2v) is 7.62. The zero-order valence-electron chi connectivity index (χ0n) is 11.1. The summed E-state index contributed by atoms with van der Waals surface area (Å²) < 4.78 is 13.2. The Bertz CT molecular complexity index is 320. The Labute approximate surface area is 109 Å². The lowest BCUT2D eigenvalue weighted by Crippen LogP contribution is -2.58. The van der Waals surface area contributed by atoms with E-state index < -0.39 is 0 Å². The van der Waals surface area contributed by atoms with Crippen molar-refractivity contribution in [1.29, 1.82) is 0 Å². The molecule has 0 N–H and O–H groups in total. The van der Waals surface area contributed by atoms with E-state index in [0.717, 1.165) is 23.7 Å². The fraction of sp³-hybridized carbons (Fsp3) is 1.00. The van der Waals surface area contributed by atoms with Gasteiger partial charge in [0.05, 0.1) is 12.2 Å². The molecule has 0 amide bonds. The maximum Gasteiger partial charge on any atom is 0.174 e. The molecule has 2 atom stereocenters. The van der Waals surface area contributed by atoms with E-state index in [1.165, 1.54) is 57.8 Å². The molecule has 1 spiro atoms. The van der Waals surface area contributed by atoms with Crippen molar-refractivity contribution < 1.29 is 9.47 Å². The molecule has 0 radical (unpaired) electrons. The highest BCUT2D eigenvalue weighted by atomic mass is 16.8. The Morgan fingerprint density at radius 2 is 1.17 bits per heavy atom. The third-order valence-electron chi connectivity index (χ3n) is 6.59. The van der Waals surface area contributed by atoms with Crippen LogP contribution in [0.2, 0.25) is 0 Å². The van der Waals surface area contributed by atoms with Crippen LogP contribution in [-0.2, 0) is 9.47 Å². The standard InChI is InChI=1S/C16H24O2/c1-2-4-15-14(3-1)17-16(18-15)12-6-10-5-11(8-12)9-13(16)7-10/h10-15H,1-9H2. The van der Waals surface area contributed by atoms with Crippen molar-refractivity contribution in [3.05, 3.63) is 0 Å². The normalized spacial score (nSPS) is 61.3. The smallest absolute Gasteiger partial charge is 0.174 e. The predicted molar refractivity (Wildman–Crippen MR) is 68.0 cm³/mol. The minimum absolute atomic E-state index is 0.118. The second-order valence-electron chi connectivity index (χ2n) is 7.62. The van der Waals surface area contributed by atoms with E-state index in [9.17, 15) is 0 Å². The Morgan fingerprint density at radius 3 is 1.67 bits per heavy atom. The van der Waals surface area contributed by atoms with Gasteiger partial charge in [-0.05, 0) is 56.8 Å². The Kier molecular flexibility index (Phi) is 2.09. The predicted octanol–water partition coefficient (Wildman–Crippen LogP) is 3.50. The molecule has 100 valence electrons. The Hall–Kier alpha value is -0.0800. The summed E-state index contributed by atoms with van der Waals surface area (Å²) in [6.45, 7) is 0. The molecule has 5 aliphatic carbocycles. The average Bonchev–Trinajstić information content (AvgIpc) is 2.75. The summed E-state index contributed by atoms with van der Waals surface area (Å²) >= 11 is 0. The lowest BCUT2D eigenvalue weighted by atomic mass is 9.53. The first kappa shape index (κ1) is 10.7. The first-order valence-electron chi connectivity index (χ1n) is 8.19. The van der Waals surface area contributed by atoms with Crippen molar-refractivity contribution in [3.8, 4) is 0 Å². The zero-order valence-corrected chi connectivity index (χ0v) is 11.1. The van der Waals surface area contributed by atoms with Crippen LogP contribution in [0.15, 0.2) is 0 Å². The zero-order chi connectivity index (χ0) is 11.7. The van der Waals surface area contributed by atoms with Gasteiger partial charge < -0.3 is 9.47 Å². The number of hydrogen-bond donors (Lipinski definition) is 0. The van der Waals surface area contributed by atoms with Crippen LogP contribution >= 0.6 is 0 Å². The van der Waals surface area contributed by atoms with Gasteiger partial charge in [0, 0.05) is 11.8 Å². The quantitative estimate of drug-likeness (QED) is 0.653. The molecule has 0 aromatic heterocycles. The molecule has 1 saturated heterocycles. The summed E-state index contributed by atoms with van der Waals surface area (Å²) in [6, 6.07) is 0. The molecule has 5 saturated carbocycles. The number of ether oxygens (including phenoxy) is 2. The molecule has 0 aromatic carbocycles. The molecule has 18 heavy (non-hydrogen) atoms. The maximum atomic E-state index is 6.61. The van der Waals surface area contributed by atoms with E-state index in [1.54, 1.807) is 0 Å². The lowest BCUT2D eigenvalue weighted by Gasteiger charge is -2.58. The molecule has 1 heterocycles. The second kappa shape index (κ2) is 3.52. The van der Waals surface area contributed by atoms with Crippen LogP contribution in [0, 0.1) is 23.7 Å². The fourth-order valence-electron chi connectivity index (χ4n) is 6.06. The molecule has 6 fully saturated rings. The van der Waals surface area contributed by atoms with Gasteiger partial charge in [-0.3, -0.25) is 0 Å². The molecular weight excluding hydrogens is 224 g/mol. The topological polar surface area (TPSA) is 18.5 Å². The average molecular weight is 248 g/mol. The van der Waals surface area contributed by atoms with Crippen molar-refractivity contribution in [2.45, 2.75) is 75.8 Å². The highest BCUT2D eigenvalue weighted by Crippen LogP contribution is 2.62. The van der Waals surface area contributed by atoms with Crippen LogP contribution in [0.25, 0.3) is 0 Å². The lowest BCUT2D eigenvalue weighted by molar-refractivity contribution is -0.298. The molecular formula is C16H24O2. The van der Waals surface area contributed by atoms with E-state index in [1.807, 2.05) is 0 Å². The number of fused-ring (bicyclic) bond motifs is 1. The summed E-state index contributed by atoms with van der Waals surface area (Å²) in [5, 5.41) is 0. The molecule has 6 aliphatic rings. The first-order chi connectivity index (χ1) is 8.83. The molecule has 0 aromatic rings. The summed E-state index contributed by atoms with van der Waals surface area (Å²) in [5.41, 5.74) is 0. The first-order valence-corrected chi connectivity index (χ1v) is 8.19. The monoisotopic (exact) mass is 248 g/mol. The summed E-state index contributed by atoms with van der Waals surface area (Å²) in [6.07, 6.45) is 13.2. The maximum absolute atomic E-state index is 6.61. The summed E-state index contributed by atoms with van der Waals surface area (Å²) in [7, 11) is 0. The van der Waals surface area contributed by atoms with Crippen LogP contribution < -0.4 is 0 Å². The Morgan fingerprint density at radius 1 is 0.667 bits per heavy atom. The highest BCUT2D eigenvalue weighted by Gasteiger charge is 2.63. The van der Waals surface area contributed by atoms with Crippen molar-refractivity contribution in [3.63, 3.8) is 0 Å². The van der Waals surface area contributed by atoms with E-state index in [2.05, 4.69) is 0 Å². The number of hydrogen-bond acceptors (Lipinski definition) is 2. The largest absolute Gasteiger partial charge is 0.343 e. The third-order valence-corrected chi connectivity index (χ3v) is 6.59. The van der Waals surface area contributed by atoms with Crippen LogP contribution in [0.4, 0.5) is 0 Å². The van der Waals surface area contributed by atoms with Crippen molar-refractivity contribution in [1.82, 2.24) is 0 Å². The van der Waals surface area contributed by atoms with Crippen LogP contribution in [-0.4, -0.2) is 18.0 Å². The van der Waals surface area contributed by atoms with Gasteiger partial charge in [-0.15, -0.1) is 0 Å². The van der Waals surface area contributed by atoms with Crippen LogP contribution in [0.3, 0.4) is 0 Å². The van der Waals surface area contributed by atoms with E-state index in [0.29, 0.717) is 12.2 Å². The van der Waals surface area contributed by atoms with Gasteiger partial charge in [-0.1, -0.05) is 12.8 Å². The highest BCUT2D eigenvalue weighted by molar-refractivity contribution is 5.07. The minimum Gasteiger partial charge on any atom is -0.343 e. The van der Waals surface area contributed by atoms with Gasteiger partial charge in [0.25, 0.3) is 0 Å². The number of rotatable bonds is 0. The van der Waals surface area contributed by atoms with E-state index in [4.69, 9.17) is 9.47 Å². The molecule has 2 heteroatoms. The van der Waals surface area contributed by atoms with Gasteiger partial charge in [0.1, 0.15) is 0 Å². The molecule has 6 rings (SSSR count). The van der Waals surface area contributed by atoms with Crippen molar-refractivity contribution in [2.24, 2.45) is 23.7 Å². The van der Waals surface area contributed by atoms with Crippen molar-refractivity contribution in [2.75, 3.05) is 0 Å². The molecule has 2 unspecified atom stereocenters. The Balaban J connectivity index is 1.49. The van der Waals surface area contributed by atoms with Crippen molar-refractivity contribution >= 4 is 0 Å². The SMILES string of the molecule is C1CCC2OC3(OC2C1)C1CC2CC(C1)CC3C2. The van der Waals surface area contributed by atoms with Gasteiger partial charge >= 0.3 is 0 Å². The fourth-order valence-corrected chi connectivity index (χ4v) is 6.06. The van der Waals surface area contributed by atoms with E-state index in [-0.39, 0.29) is 5.79 Å². The molecule has 1 aliphatic heterocycles. The van der Waals surface area contributed by atoms with Gasteiger partial charge in [0.15, 0.2) is 5.79 Å². The molecule has 2 nitrogen and oxygen atoms in total. The van der Waals surface area contributed by atoms with Gasteiger partial charge in [-0.2, -0.15) is 0 Å². The summed E-state index contributed by atoms with van der Waals surface area (Å²) in [5.74, 6) is 3.37. The molecule has 4 bridgehead atoms. The van der Waals surface area contributed by atoms with Crippen LogP contribution in [0.1, 0.15) is 57.8 Å². The summed E-state index contributed by atoms with van der Waals surface area (Å²) in [4.78, 5) is 0. The van der Waals surface area contributed by atoms with Gasteiger partial charge in [-0.25, -0.2) is 0 Å². The minimum atomic E-state index is -0.118. The van der Waals surface area contributed by atoms with Gasteiger partial charge in [0.2, 0.25) is 0 Å².